The van der Waals surface area contributed by atoms with Crippen LogP contribution in [0.5, 0.6) is 0 Å². The Morgan fingerprint density at radius 3 is 2.61 bits per heavy atom. The zero-order valence-corrected chi connectivity index (χ0v) is 9.51. The molecule has 0 saturated heterocycles. The molecular formula is C12H10N2O4. The summed E-state index contributed by atoms with van der Waals surface area (Å²) in [4.78, 5) is 26.1. The molecule has 18 heavy (non-hydrogen) atoms. The highest BCUT2D eigenvalue weighted by atomic mass is 16.4. The average molecular weight is 246 g/mol. The highest BCUT2D eigenvalue weighted by molar-refractivity contribution is 6.04. The third kappa shape index (κ3) is 2.37. The monoisotopic (exact) mass is 246 g/mol. The molecule has 2 heterocycles. The maximum Gasteiger partial charge on any atom is 0.354 e. The second-order valence-electron chi connectivity index (χ2n) is 3.58. The predicted octanol–water partition coefficient (Wildman–Crippen LogP) is 1.93. The molecule has 0 aliphatic rings. The lowest BCUT2D eigenvalue weighted by molar-refractivity contribution is 0.0690. The Morgan fingerprint density at radius 2 is 2.11 bits per heavy atom. The number of carbonyl (C=O) groups is 2. The van der Waals surface area contributed by atoms with E-state index >= 15 is 0 Å². The number of nitrogens with zero attached hydrogens (tertiary/aromatic N) is 1. The maximum atomic E-state index is 11.8. The Labute approximate surface area is 102 Å². The minimum absolute atomic E-state index is 0.0764. The summed E-state index contributed by atoms with van der Waals surface area (Å²) in [6, 6.07) is 4.35. The molecule has 0 bridgehead atoms. The van der Waals surface area contributed by atoms with Crippen LogP contribution in [0.1, 0.15) is 26.6 Å². The number of amides is 1. The number of aryl methyl sites for hydroxylation is 1. The molecule has 0 saturated carbocycles. The lowest BCUT2D eigenvalue weighted by atomic mass is 10.2. The molecule has 0 aliphatic carbocycles. The first-order valence-electron chi connectivity index (χ1n) is 5.12. The minimum Gasteiger partial charge on any atom is -0.477 e. The predicted molar refractivity (Wildman–Crippen MR) is 62.6 cm³/mol. The highest BCUT2D eigenvalue weighted by Gasteiger charge is 2.12. The van der Waals surface area contributed by atoms with Crippen LogP contribution >= 0.6 is 0 Å². The first-order chi connectivity index (χ1) is 8.58. The Balaban J connectivity index is 2.13. The van der Waals surface area contributed by atoms with Gasteiger partial charge in [0.1, 0.15) is 11.5 Å². The number of hydrogen-bond donors (Lipinski definition) is 2. The summed E-state index contributed by atoms with van der Waals surface area (Å²) in [5.41, 5.74) is 0.774. The Hall–Kier alpha value is -2.63. The molecule has 92 valence electrons. The van der Waals surface area contributed by atoms with E-state index in [-0.39, 0.29) is 11.6 Å². The van der Waals surface area contributed by atoms with Crippen molar-refractivity contribution in [2.24, 2.45) is 0 Å². The van der Waals surface area contributed by atoms with Crippen molar-refractivity contribution in [3.8, 4) is 0 Å². The summed E-state index contributed by atoms with van der Waals surface area (Å²) in [7, 11) is 0. The van der Waals surface area contributed by atoms with Crippen LogP contribution in [0.3, 0.4) is 0 Å². The lowest BCUT2D eigenvalue weighted by Gasteiger charge is -2.03. The number of carbonyl (C=O) groups excluding carboxylic acids is 1. The number of carboxylic acids is 1. The SMILES string of the molecule is Cc1occc1C(=O)Nc1ccc(C(=O)O)nc1. The van der Waals surface area contributed by atoms with Gasteiger partial charge in [-0.2, -0.15) is 0 Å². The summed E-state index contributed by atoms with van der Waals surface area (Å²) >= 11 is 0. The minimum atomic E-state index is -1.11. The van der Waals surface area contributed by atoms with Gasteiger partial charge < -0.3 is 14.8 Å². The van der Waals surface area contributed by atoms with Crippen molar-refractivity contribution in [1.82, 2.24) is 4.98 Å². The van der Waals surface area contributed by atoms with Crippen molar-refractivity contribution < 1.29 is 19.1 Å². The van der Waals surface area contributed by atoms with Crippen LogP contribution in [-0.4, -0.2) is 22.0 Å². The molecule has 2 rings (SSSR count). The molecule has 1 amide bonds. The second-order valence-corrected chi connectivity index (χ2v) is 3.58. The quantitative estimate of drug-likeness (QED) is 0.863. The van der Waals surface area contributed by atoms with E-state index in [9.17, 15) is 9.59 Å². The molecule has 0 aromatic carbocycles. The van der Waals surface area contributed by atoms with Crippen LogP contribution in [0.4, 0.5) is 5.69 Å². The van der Waals surface area contributed by atoms with Gasteiger partial charge in [-0.25, -0.2) is 9.78 Å². The van der Waals surface area contributed by atoms with E-state index in [2.05, 4.69) is 10.3 Å². The van der Waals surface area contributed by atoms with Crippen molar-refractivity contribution in [3.63, 3.8) is 0 Å². The van der Waals surface area contributed by atoms with E-state index in [0.29, 0.717) is 17.0 Å². The molecule has 0 radical (unpaired) electrons. The van der Waals surface area contributed by atoms with Gasteiger partial charge in [0.15, 0.2) is 0 Å². The summed E-state index contributed by atoms with van der Waals surface area (Å²) < 4.78 is 5.02. The summed E-state index contributed by atoms with van der Waals surface area (Å²) in [6.45, 7) is 1.68. The molecular weight excluding hydrogens is 236 g/mol. The molecule has 0 aliphatic heterocycles. The number of aromatic nitrogens is 1. The van der Waals surface area contributed by atoms with E-state index in [0.717, 1.165) is 0 Å². The molecule has 0 atom stereocenters. The van der Waals surface area contributed by atoms with Gasteiger partial charge in [-0.3, -0.25) is 4.79 Å². The van der Waals surface area contributed by atoms with Crippen LogP contribution in [-0.2, 0) is 0 Å². The maximum absolute atomic E-state index is 11.8. The zero-order chi connectivity index (χ0) is 13.1. The van der Waals surface area contributed by atoms with Gasteiger partial charge in [-0.05, 0) is 25.1 Å². The number of aromatic carboxylic acids is 1. The van der Waals surface area contributed by atoms with Crippen LogP contribution in [0.2, 0.25) is 0 Å². The van der Waals surface area contributed by atoms with E-state index in [1.54, 1.807) is 13.0 Å². The molecule has 2 N–H and O–H groups in total. The van der Waals surface area contributed by atoms with Crippen LogP contribution in [0.15, 0.2) is 35.1 Å². The zero-order valence-electron chi connectivity index (χ0n) is 9.51. The van der Waals surface area contributed by atoms with Gasteiger partial charge in [0, 0.05) is 0 Å². The number of pyridine rings is 1. The third-order valence-electron chi connectivity index (χ3n) is 2.34. The largest absolute Gasteiger partial charge is 0.477 e. The molecule has 6 heteroatoms. The van der Waals surface area contributed by atoms with E-state index in [1.165, 1.54) is 24.6 Å². The Kier molecular flexibility index (Phi) is 3.09. The summed E-state index contributed by atoms with van der Waals surface area (Å²) in [5, 5.41) is 11.3. The number of furan rings is 1. The van der Waals surface area contributed by atoms with Gasteiger partial charge in [0.05, 0.1) is 23.7 Å². The fourth-order valence-electron chi connectivity index (χ4n) is 1.41. The third-order valence-corrected chi connectivity index (χ3v) is 2.34. The van der Waals surface area contributed by atoms with Gasteiger partial charge in [-0.1, -0.05) is 0 Å². The van der Waals surface area contributed by atoms with Gasteiger partial charge in [-0.15, -0.1) is 0 Å². The van der Waals surface area contributed by atoms with Gasteiger partial charge >= 0.3 is 5.97 Å². The van der Waals surface area contributed by atoms with Crippen molar-refractivity contribution in [2.45, 2.75) is 6.92 Å². The van der Waals surface area contributed by atoms with Crippen LogP contribution < -0.4 is 5.32 Å². The van der Waals surface area contributed by atoms with Crippen LogP contribution in [0, 0.1) is 6.92 Å². The summed E-state index contributed by atoms with van der Waals surface area (Å²) in [6.07, 6.45) is 2.72. The van der Waals surface area contributed by atoms with Crippen molar-refractivity contribution in [3.05, 3.63) is 47.7 Å². The Morgan fingerprint density at radius 1 is 1.33 bits per heavy atom. The number of nitrogens with one attached hydrogen (secondary N) is 1. The number of hydrogen-bond acceptors (Lipinski definition) is 4. The Bertz CT molecular complexity index is 586. The number of carboxylic acid groups (broad SMARTS) is 1. The molecule has 0 unspecified atom stereocenters. The topological polar surface area (TPSA) is 92.4 Å². The average Bonchev–Trinajstić information content (AvgIpc) is 2.76. The molecule has 2 aromatic heterocycles. The van der Waals surface area contributed by atoms with Crippen molar-refractivity contribution >= 4 is 17.6 Å². The van der Waals surface area contributed by atoms with E-state index in [4.69, 9.17) is 9.52 Å². The molecule has 0 spiro atoms. The highest BCUT2D eigenvalue weighted by Crippen LogP contribution is 2.12. The number of anilines is 1. The molecule has 6 nitrogen and oxygen atoms in total. The second kappa shape index (κ2) is 4.70. The lowest BCUT2D eigenvalue weighted by Crippen LogP contribution is -2.12. The first kappa shape index (κ1) is 11.8. The summed E-state index contributed by atoms with van der Waals surface area (Å²) in [5.74, 6) is -0.924. The van der Waals surface area contributed by atoms with Crippen LogP contribution in [0.25, 0.3) is 0 Å². The van der Waals surface area contributed by atoms with Crippen molar-refractivity contribution in [2.75, 3.05) is 5.32 Å². The smallest absolute Gasteiger partial charge is 0.354 e. The first-order valence-corrected chi connectivity index (χ1v) is 5.12. The molecule has 2 aromatic rings. The van der Waals surface area contributed by atoms with Gasteiger partial charge in [0.2, 0.25) is 0 Å². The normalized spacial score (nSPS) is 10.1. The van der Waals surface area contributed by atoms with Gasteiger partial charge in [0.25, 0.3) is 5.91 Å². The number of rotatable bonds is 3. The van der Waals surface area contributed by atoms with E-state index < -0.39 is 5.97 Å². The fourth-order valence-corrected chi connectivity index (χ4v) is 1.41. The fraction of sp³-hybridized carbons (Fsp3) is 0.0833. The van der Waals surface area contributed by atoms with E-state index in [1.807, 2.05) is 0 Å². The van der Waals surface area contributed by atoms with Crippen molar-refractivity contribution in [1.29, 1.82) is 0 Å². The molecule has 0 fully saturated rings. The standard InChI is InChI=1S/C12H10N2O4/c1-7-9(4-5-18-7)11(15)14-8-2-3-10(12(16)17)13-6-8/h2-6H,1H3,(H,14,15)(H,16,17).